The van der Waals surface area contributed by atoms with E-state index in [-0.39, 0.29) is 5.75 Å². The van der Waals surface area contributed by atoms with Crippen LogP contribution in [-0.4, -0.2) is 11.5 Å². The van der Waals surface area contributed by atoms with Crippen molar-refractivity contribution < 1.29 is 23.0 Å². The van der Waals surface area contributed by atoms with Gasteiger partial charge in [-0.15, -0.1) is 13.2 Å². The van der Waals surface area contributed by atoms with Crippen LogP contribution in [0.25, 0.3) is 0 Å². The summed E-state index contributed by atoms with van der Waals surface area (Å²) >= 11 is 0. The van der Waals surface area contributed by atoms with Gasteiger partial charge in [-0.3, -0.25) is 0 Å². The number of aryl methyl sites for hydroxylation is 1. The minimum Gasteiger partial charge on any atom is -0.406 e. The van der Waals surface area contributed by atoms with Gasteiger partial charge in [0.05, 0.1) is 6.10 Å². The summed E-state index contributed by atoms with van der Waals surface area (Å²) in [4.78, 5) is 0. The van der Waals surface area contributed by atoms with Gasteiger partial charge < -0.3 is 9.84 Å². The maximum atomic E-state index is 11.9. The quantitative estimate of drug-likeness (QED) is 0.784. The van der Waals surface area contributed by atoms with Crippen LogP contribution in [0, 0.1) is 0 Å². The molecule has 1 aliphatic carbocycles. The molecule has 0 saturated carbocycles. The SMILES string of the molecule is O[C@@H]1CCc2cc(OC(F)(F)F)ccc21. The zero-order valence-electron chi connectivity index (χ0n) is 7.71. The number of halogens is 3. The molecule has 1 aromatic rings. The molecule has 1 atom stereocenters. The third-order valence-corrected chi connectivity index (χ3v) is 2.39. The first-order valence-electron chi connectivity index (χ1n) is 4.52. The number of aliphatic hydroxyl groups is 1. The summed E-state index contributed by atoms with van der Waals surface area (Å²) in [5, 5.41) is 9.44. The van der Waals surface area contributed by atoms with Crippen LogP contribution in [0.5, 0.6) is 5.75 Å². The normalized spacial score (nSPS) is 20.1. The van der Waals surface area contributed by atoms with E-state index in [1.165, 1.54) is 18.2 Å². The Labute approximate surface area is 84.3 Å². The largest absolute Gasteiger partial charge is 0.573 e. The third-order valence-electron chi connectivity index (χ3n) is 2.39. The van der Waals surface area contributed by atoms with Crippen LogP contribution in [0.2, 0.25) is 0 Å². The fourth-order valence-electron chi connectivity index (χ4n) is 1.77. The summed E-state index contributed by atoms with van der Waals surface area (Å²) in [6, 6.07) is 4.04. The highest BCUT2D eigenvalue weighted by atomic mass is 19.4. The number of benzene rings is 1. The highest BCUT2D eigenvalue weighted by Crippen LogP contribution is 2.34. The molecule has 1 aromatic carbocycles. The lowest BCUT2D eigenvalue weighted by molar-refractivity contribution is -0.274. The van der Waals surface area contributed by atoms with Gasteiger partial charge >= 0.3 is 6.36 Å². The van der Waals surface area contributed by atoms with Gasteiger partial charge in [0, 0.05) is 0 Å². The zero-order valence-corrected chi connectivity index (χ0v) is 7.71. The van der Waals surface area contributed by atoms with Gasteiger partial charge in [-0.25, -0.2) is 0 Å². The minimum absolute atomic E-state index is 0.227. The van der Waals surface area contributed by atoms with E-state index in [1.807, 2.05) is 0 Å². The van der Waals surface area contributed by atoms with Crippen LogP contribution in [0.3, 0.4) is 0 Å². The summed E-state index contributed by atoms with van der Waals surface area (Å²) in [7, 11) is 0. The number of rotatable bonds is 1. The van der Waals surface area contributed by atoms with Crippen molar-refractivity contribution in [2.45, 2.75) is 25.3 Å². The van der Waals surface area contributed by atoms with Crippen molar-refractivity contribution in [1.82, 2.24) is 0 Å². The molecule has 0 heterocycles. The molecule has 0 aliphatic heterocycles. The first-order valence-corrected chi connectivity index (χ1v) is 4.52. The highest BCUT2D eigenvalue weighted by molar-refractivity contribution is 5.39. The Morgan fingerprint density at radius 1 is 1.33 bits per heavy atom. The second-order valence-corrected chi connectivity index (χ2v) is 3.46. The summed E-state index contributed by atoms with van der Waals surface area (Å²) in [6.45, 7) is 0. The maximum Gasteiger partial charge on any atom is 0.573 e. The molecule has 0 spiro atoms. The van der Waals surface area contributed by atoms with Crippen molar-refractivity contribution in [3.05, 3.63) is 29.3 Å². The number of ether oxygens (including phenoxy) is 1. The predicted molar refractivity (Wildman–Crippen MR) is 46.4 cm³/mol. The fraction of sp³-hybridized carbons (Fsp3) is 0.400. The maximum absolute atomic E-state index is 11.9. The second-order valence-electron chi connectivity index (χ2n) is 3.46. The molecule has 2 nitrogen and oxygen atoms in total. The molecule has 0 saturated heterocycles. The van der Waals surface area contributed by atoms with Gasteiger partial charge in [-0.1, -0.05) is 6.07 Å². The zero-order chi connectivity index (χ0) is 11.1. The van der Waals surface area contributed by atoms with Crippen LogP contribution >= 0.6 is 0 Å². The van der Waals surface area contributed by atoms with Gasteiger partial charge in [0.15, 0.2) is 0 Å². The van der Waals surface area contributed by atoms with Crippen LogP contribution in [0.1, 0.15) is 23.7 Å². The molecule has 82 valence electrons. The first kappa shape index (κ1) is 10.3. The molecule has 0 fully saturated rings. The van der Waals surface area contributed by atoms with E-state index < -0.39 is 12.5 Å². The van der Waals surface area contributed by atoms with Gasteiger partial charge in [-0.05, 0) is 36.1 Å². The van der Waals surface area contributed by atoms with E-state index >= 15 is 0 Å². The second kappa shape index (κ2) is 3.41. The number of hydrogen-bond acceptors (Lipinski definition) is 2. The summed E-state index contributed by atoms with van der Waals surface area (Å²) in [5.74, 6) is -0.227. The minimum atomic E-state index is -4.66. The van der Waals surface area contributed by atoms with Gasteiger partial charge in [0.2, 0.25) is 0 Å². The number of hydrogen-bond donors (Lipinski definition) is 1. The highest BCUT2D eigenvalue weighted by Gasteiger charge is 2.31. The molecular weight excluding hydrogens is 209 g/mol. The summed E-state index contributed by atoms with van der Waals surface area (Å²) in [6.07, 6.45) is -4.07. The van der Waals surface area contributed by atoms with E-state index in [1.54, 1.807) is 0 Å². The Balaban J connectivity index is 2.24. The molecule has 0 amide bonds. The van der Waals surface area contributed by atoms with Crippen LogP contribution < -0.4 is 4.74 Å². The van der Waals surface area contributed by atoms with Crippen molar-refractivity contribution >= 4 is 0 Å². The van der Waals surface area contributed by atoms with Crippen molar-refractivity contribution in [3.8, 4) is 5.75 Å². The molecule has 5 heteroatoms. The van der Waals surface area contributed by atoms with E-state index in [9.17, 15) is 18.3 Å². The van der Waals surface area contributed by atoms with Crippen molar-refractivity contribution in [3.63, 3.8) is 0 Å². The van der Waals surface area contributed by atoms with Crippen LogP contribution in [0.15, 0.2) is 18.2 Å². The van der Waals surface area contributed by atoms with E-state index in [0.29, 0.717) is 18.4 Å². The van der Waals surface area contributed by atoms with Crippen molar-refractivity contribution in [2.24, 2.45) is 0 Å². The Hall–Kier alpha value is -1.23. The van der Waals surface area contributed by atoms with Crippen LogP contribution in [0.4, 0.5) is 13.2 Å². The topological polar surface area (TPSA) is 29.5 Å². The molecule has 0 unspecified atom stereocenters. The molecule has 15 heavy (non-hydrogen) atoms. The Bertz CT molecular complexity index is 373. The Morgan fingerprint density at radius 3 is 2.73 bits per heavy atom. The summed E-state index contributed by atoms with van der Waals surface area (Å²) in [5.41, 5.74) is 1.42. The van der Waals surface area contributed by atoms with Gasteiger partial charge in [-0.2, -0.15) is 0 Å². The first-order chi connectivity index (χ1) is 6.96. The van der Waals surface area contributed by atoms with Crippen molar-refractivity contribution in [1.29, 1.82) is 0 Å². The Kier molecular flexibility index (Phi) is 2.34. The molecular formula is C10H9F3O2. The van der Waals surface area contributed by atoms with Gasteiger partial charge in [0.25, 0.3) is 0 Å². The monoisotopic (exact) mass is 218 g/mol. The number of aliphatic hydroxyl groups excluding tert-OH is 1. The standard InChI is InChI=1S/C10H9F3O2/c11-10(12,13)15-7-2-3-8-6(5-7)1-4-9(8)14/h2-3,5,9,14H,1,4H2/t9-/m1/s1. The molecule has 0 aromatic heterocycles. The third kappa shape index (κ3) is 2.23. The molecule has 1 aliphatic rings. The van der Waals surface area contributed by atoms with E-state index in [4.69, 9.17) is 0 Å². The average Bonchev–Trinajstić information content (AvgIpc) is 2.45. The number of alkyl halides is 3. The Morgan fingerprint density at radius 2 is 2.07 bits per heavy atom. The van der Waals surface area contributed by atoms with E-state index in [0.717, 1.165) is 5.56 Å². The molecule has 0 radical (unpaired) electrons. The van der Waals surface area contributed by atoms with Gasteiger partial charge in [0.1, 0.15) is 5.75 Å². The van der Waals surface area contributed by atoms with Crippen molar-refractivity contribution in [2.75, 3.05) is 0 Å². The lowest BCUT2D eigenvalue weighted by Gasteiger charge is -2.10. The summed E-state index contributed by atoms with van der Waals surface area (Å²) < 4.78 is 39.5. The molecule has 1 N–H and O–H groups in total. The number of fused-ring (bicyclic) bond motifs is 1. The predicted octanol–water partition coefficient (Wildman–Crippen LogP) is 2.56. The average molecular weight is 218 g/mol. The lowest BCUT2D eigenvalue weighted by atomic mass is 10.1. The molecule has 2 rings (SSSR count). The fourth-order valence-corrected chi connectivity index (χ4v) is 1.77. The molecule has 0 bridgehead atoms. The lowest BCUT2D eigenvalue weighted by Crippen LogP contribution is -2.17. The van der Waals surface area contributed by atoms with Crippen LogP contribution in [-0.2, 0) is 6.42 Å². The smallest absolute Gasteiger partial charge is 0.406 e. The van der Waals surface area contributed by atoms with E-state index in [2.05, 4.69) is 4.74 Å².